The Morgan fingerprint density at radius 3 is 2.22 bits per heavy atom. The average Bonchev–Trinajstić information content (AvgIpc) is 2.28. The molecule has 0 aliphatic heterocycles. The van der Waals surface area contributed by atoms with E-state index in [2.05, 4.69) is 12.1 Å². The van der Waals surface area contributed by atoms with Gasteiger partial charge in [-0.25, -0.2) is 0 Å². The van der Waals surface area contributed by atoms with E-state index >= 15 is 0 Å². The molecule has 102 valence electrons. The summed E-state index contributed by atoms with van der Waals surface area (Å²) in [6.45, 7) is 0. The summed E-state index contributed by atoms with van der Waals surface area (Å²) in [4.78, 5) is 0. The van der Waals surface area contributed by atoms with Crippen LogP contribution in [0.2, 0.25) is 0 Å². The lowest BCUT2D eigenvalue weighted by atomic mass is 10.0. The van der Waals surface area contributed by atoms with E-state index in [1.165, 1.54) is 5.56 Å². The Kier molecular flexibility index (Phi) is 6.19. The van der Waals surface area contributed by atoms with Crippen LogP contribution < -0.4 is 5.73 Å². The average molecular weight is 259 g/mol. The van der Waals surface area contributed by atoms with Gasteiger partial charge in [0.1, 0.15) is 0 Å². The molecule has 1 aromatic carbocycles. The van der Waals surface area contributed by atoms with Crippen molar-refractivity contribution in [2.24, 2.45) is 5.73 Å². The number of halogens is 3. The van der Waals surface area contributed by atoms with E-state index in [1.807, 2.05) is 18.2 Å². The number of nitrogens with two attached hydrogens (primary N) is 1. The molecule has 0 saturated heterocycles. The van der Waals surface area contributed by atoms with E-state index in [9.17, 15) is 13.2 Å². The fourth-order valence-corrected chi connectivity index (χ4v) is 1.92. The van der Waals surface area contributed by atoms with Crippen LogP contribution in [0, 0.1) is 0 Å². The molecular weight excluding hydrogens is 239 g/mol. The van der Waals surface area contributed by atoms with E-state index < -0.39 is 12.6 Å². The van der Waals surface area contributed by atoms with E-state index in [0.717, 1.165) is 19.3 Å². The molecule has 1 atom stereocenters. The highest BCUT2D eigenvalue weighted by Gasteiger charge is 2.26. The van der Waals surface area contributed by atoms with E-state index in [-0.39, 0.29) is 12.5 Å². The van der Waals surface area contributed by atoms with Gasteiger partial charge in [-0.15, -0.1) is 0 Å². The Morgan fingerprint density at radius 2 is 1.61 bits per heavy atom. The quantitative estimate of drug-likeness (QED) is 0.784. The summed E-state index contributed by atoms with van der Waals surface area (Å²) >= 11 is 0. The highest BCUT2D eigenvalue weighted by Crippen LogP contribution is 2.23. The third-order valence-electron chi connectivity index (χ3n) is 2.92. The molecule has 1 unspecified atom stereocenters. The second-order valence-electron chi connectivity index (χ2n) is 4.65. The lowest BCUT2D eigenvalue weighted by Crippen LogP contribution is -2.21. The fraction of sp³-hybridized carbons (Fsp3) is 0.571. The van der Waals surface area contributed by atoms with Gasteiger partial charge in [0.05, 0.1) is 0 Å². The standard InChI is InChI=1S/C14H20F3N/c15-14(16,17)11-5-10-13(18)9-4-8-12-6-2-1-3-7-12/h1-3,6-7,13H,4-5,8-11,18H2. The zero-order valence-electron chi connectivity index (χ0n) is 10.4. The molecule has 1 aromatic rings. The monoisotopic (exact) mass is 259 g/mol. The highest BCUT2D eigenvalue weighted by atomic mass is 19.4. The number of hydrogen-bond acceptors (Lipinski definition) is 1. The highest BCUT2D eigenvalue weighted by molar-refractivity contribution is 5.14. The zero-order chi connectivity index (χ0) is 13.4. The summed E-state index contributed by atoms with van der Waals surface area (Å²) < 4.78 is 35.8. The van der Waals surface area contributed by atoms with Crippen LogP contribution in [0.5, 0.6) is 0 Å². The van der Waals surface area contributed by atoms with E-state index in [1.54, 1.807) is 0 Å². The minimum Gasteiger partial charge on any atom is -0.328 e. The predicted molar refractivity (Wildman–Crippen MR) is 67.3 cm³/mol. The summed E-state index contributed by atoms with van der Waals surface area (Å²) in [7, 11) is 0. The molecule has 0 saturated carbocycles. The number of benzene rings is 1. The summed E-state index contributed by atoms with van der Waals surface area (Å²) in [5.41, 5.74) is 7.05. The first-order chi connectivity index (χ1) is 8.47. The molecule has 0 bridgehead atoms. The van der Waals surface area contributed by atoms with Gasteiger partial charge in [0.25, 0.3) is 0 Å². The molecule has 0 radical (unpaired) electrons. The van der Waals surface area contributed by atoms with Crippen molar-refractivity contribution >= 4 is 0 Å². The van der Waals surface area contributed by atoms with Gasteiger partial charge >= 0.3 is 6.18 Å². The van der Waals surface area contributed by atoms with Crippen LogP contribution in [0.3, 0.4) is 0 Å². The van der Waals surface area contributed by atoms with Crippen LogP contribution >= 0.6 is 0 Å². The van der Waals surface area contributed by atoms with E-state index in [0.29, 0.717) is 6.42 Å². The van der Waals surface area contributed by atoms with Gasteiger partial charge in [0, 0.05) is 12.5 Å². The first-order valence-electron chi connectivity index (χ1n) is 6.33. The number of hydrogen-bond donors (Lipinski definition) is 1. The van der Waals surface area contributed by atoms with Crippen LogP contribution in [0.1, 0.15) is 37.7 Å². The maximum absolute atomic E-state index is 11.9. The number of aryl methyl sites for hydroxylation is 1. The Labute approximate surface area is 106 Å². The van der Waals surface area contributed by atoms with Gasteiger partial charge in [-0.05, 0) is 37.7 Å². The molecule has 0 fully saturated rings. The fourth-order valence-electron chi connectivity index (χ4n) is 1.92. The molecule has 0 aliphatic rings. The number of alkyl halides is 3. The maximum Gasteiger partial charge on any atom is 0.389 e. The Hall–Kier alpha value is -1.03. The molecule has 4 heteroatoms. The van der Waals surface area contributed by atoms with Crippen molar-refractivity contribution in [2.75, 3.05) is 0 Å². The van der Waals surface area contributed by atoms with E-state index in [4.69, 9.17) is 5.73 Å². The van der Waals surface area contributed by atoms with Crippen molar-refractivity contribution in [3.8, 4) is 0 Å². The van der Waals surface area contributed by atoms with Crippen molar-refractivity contribution in [1.82, 2.24) is 0 Å². The van der Waals surface area contributed by atoms with Crippen molar-refractivity contribution in [2.45, 2.75) is 50.7 Å². The second-order valence-corrected chi connectivity index (χ2v) is 4.65. The Balaban J connectivity index is 2.09. The molecule has 0 spiro atoms. The molecule has 1 nitrogen and oxygen atoms in total. The first kappa shape index (κ1) is 15.0. The lowest BCUT2D eigenvalue weighted by Gasteiger charge is -2.12. The zero-order valence-corrected chi connectivity index (χ0v) is 10.4. The number of rotatable bonds is 7. The smallest absolute Gasteiger partial charge is 0.328 e. The predicted octanol–water partition coefficient (Wildman–Crippen LogP) is 4.07. The van der Waals surface area contributed by atoms with Gasteiger partial charge in [0.15, 0.2) is 0 Å². The molecule has 0 heterocycles. The van der Waals surface area contributed by atoms with Gasteiger partial charge in [-0.2, -0.15) is 13.2 Å². The van der Waals surface area contributed by atoms with Crippen molar-refractivity contribution in [3.63, 3.8) is 0 Å². The third-order valence-corrected chi connectivity index (χ3v) is 2.92. The largest absolute Gasteiger partial charge is 0.389 e. The van der Waals surface area contributed by atoms with Crippen LogP contribution in [0.25, 0.3) is 0 Å². The second kappa shape index (κ2) is 7.41. The molecular formula is C14H20F3N. The van der Waals surface area contributed by atoms with Gasteiger partial charge in [-0.3, -0.25) is 0 Å². The minimum absolute atomic E-state index is 0.115. The van der Waals surface area contributed by atoms with Gasteiger partial charge < -0.3 is 5.73 Å². The van der Waals surface area contributed by atoms with Crippen molar-refractivity contribution < 1.29 is 13.2 Å². The van der Waals surface area contributed by atoms with Crippen molar-refractivity contribution in [1.29, 1.82) is 0 Å². The molecule has 0 amide bonds. The Bertz CT molecular complexity index is 322. The minimum atomic E-state index is -4.05. The summed E-state index contributed by atoms with van der Waals surface area (Å²) in [6.07, 6.45) is -1.54. The third kappa shape index (κ3) is 7.33. The first-order valence-corrected chi connectivity index (χ1v) is 6.33. The summed E-state index contributed by atoms with van der Waals surface area (Å²) in [5.74, 6) is 0. The summed E-state index contributed by atoms with van der Waals surface area (Å²) in [6, 6.07) is 9.92. The molecule has 1 rings (SSSR count). The molecule has 2 N–H and O–H groups in total. The molecule has 0 aromatic heterocycles. The van der Waals surface area contributed by atoms with Crippen LogP contribution in [0.4, 0.5) is 13.2 Å². The Morgan fingerprint density at radius 1 is 1.00 bits per heavy atom. The molecule has 18 heavy (non-hydrogen) atoms. The maximum atomic E-state index is 11.9. The SMILES string of the molecule is NC(CCCc1ccccc1)CCCC(F)(F)F. The van der Waals surface area contributed by atoms with Crippen LogP contribution in [0.15, 0.2) is 30.3 Å². The lowest BCUT2D eigenvalue weighted by molar-refractivity contribution is -0.135. The molecule has 0 aliphatic carbocycles. The van der Waals surface area contributed by atoms with Crippen LogP contribution in [-0.2, 0) is 6.42 Å². The van der Waals surface area contributed by atoms with Gasteiger partial charge in [0.2, 0.25) is 0 Å². The summed E-state index contributed by atoms with van der Waals surface area (Å²) in [5, 5.41) is 0. The van der Waals surface area contributed by atoms with Crippen LogP contribution in [-0.4, -0.2) is 12.2 Å². The van der Waals surface area contributed by atoms with Crippen molar-refractivity contribution in [3.05, 3.63) is 35.9 Å². The normalized spacial score (nSPS) is 13.6. The van der Waals surface area contributed by atoms with Gasteiger partial charge in [-0.1, -0.05) is 30.3 Å². The topological polar surface area (TPSA) is 26.0 Å².